The molecule has 1 atom stereocenters. The van der Waals surface area contributed by atoms with Crippen molar-refractivity contribution in [2.45, 2.75) is 45.1 Å². The summed E-state index contributed by atoms with van der Waals surface area (Å²) in [5.74, 6) is -2.91. The van der Waals surface area contributed by atoms with E-state index in [9.17, 15) is 14.4 Å². The van der Waals surface area contributed by atoms with Crippen molar-refractivity contribution in [1.82, 2.24) is 10.6 Å². The van der Waals surface area contributed by atoms with Crippen molar-refractivity contribution < 1.29 is 23.9 Å². The summed E-state index contributed by atoms with van der Waals surface area (Å²) in [7, 11) is 0. The quantitative estimate of drug-likeness (QED) is 0.485. The summed E-state index contributed by atoms with van der Waals surface area (Å²) < 4.78 is 10.2. The van der Waals surface area contributed by atoms with Crippen LogP contribution >= 0.6 is 0 Å². The Labute approximate surface area is 145 Å². The molecule has 2 aliphatic heterocycles. The van der Waals surface area contributed by atoms with Gasteiger partial charge in [0.1, 0.15) is 6.04 Å². The number of esters is 2. The predicted octanol–water partition coefficient (Wildman–Crippen LogP) is 1.14. The molecule has 1 aromatic rings. The van der Waals surface area contributed by atoms with E-state index in [4.69, 9.17) is 9.47 Å². The van der Waals surface area contributed by atoms with Crippen LogP contribution in [0, 0.1) is 0 Å². The Bertz CT molecular complexity index is 717. The Morgan fingerprint density at radius 3 is 2.48 bits per heavy atom. The second-order valence-corrected chi connectivity index (χ2v) is 6.47. The van der Waals surface area contributed by atoms with Crippen LogP contribution in [-0.4, -0.2) is 29.7 Å². The second kappa shape index (κ2) is 6.58. The monoisotopic (exact) mass is 344 g/mol. The SMILES string of the molecule is CC1(C)OC(=O)C(=C2CCC(C(=O)NCc3ccccc3)N2)C(=O)O1. The number of allylic oxidation sites excluding steroid dienone is 1. The molecule has 0 saturated carbocycles. The van der Waals surface area contributed by atoms with Gasteiger partial charge in [-0.05, 0) is 18.4 Å². The first kappa shape index (κ1) is 17.0. The maximum Gasteiger partial charge on any atom is 0.350 e. The minimum absolute atomic E-state index is 0.155. The van der Waals surface area contributed by atoms with Crippen molar-refractivity contribution in [3.63, 3.8) is 0 Å². The molecule has 7 heteroatoms. The summed E-state index contributed by atoms with van der Waals surface area (Å²) in [5.41, 5.74) is 1.23. The van der Waals surface area contributed by atoms with Gasteiger partial charge < -0.3 is 20.1 Å². The van der Waals surface area contributed by atoms with Crippen LogP contribution in [0.4, 0.5) is 0 Å². The lowest BCUT2D eigenvalue weighted by Crippen LogP contribution is -2.44. The van der Waals surface area contributed by atoms with Crippen LogP contribution in [-0.2, 0) is 30.4 Å². The Hall–Kier alpha value is -2.83. The standard InChI is InChI=1S/C18H20N2O5/c1-18(2)24-16(22)14(17(23)25-18)12-8-9-13(20-12)15(21)19-10-11-6-4-3-5-7-11/h3-7,13,20H,8-10H2,1-2H3,(H,19,21). The number of hydrogen-bond acceptors (Lipinski definition) is 6. The van der Waals surface area contributed by atoms with Crippen molar-refractivity contribution in [3.8, 4) is 0 Å². The molecule has 25 heavy (non-hydrogen) atoms. The smallest absolute Gasteiger partial charge is 0.350 e. The van der Waals surface area contributed by atoms with Gasteiger partial charge in [-0.3, -0.25) is 4.79 Å². The third kappa shape index (κ3) is 3.81. The number of hydrogen-bond donors (Lipinski definition) is 2. The number of cyclic esters (lactones) is 2. The summed E-state index contributed by atoms with van der Waals surface area (Å²) >= 11 is 0. The van der Waals surface area contributed by atoms with E-state index in [0.29, 0.717) is 25.1 Å². The first-order valence-electron chi connectivity index (χ1n) is 8.14. The van der Waals surface area contributed by atoms with E-state index >= 15 is 0 Å². The molecular weight excluding hydrogens is 324 g/mol. The van der Waals surface area contributed by atoms with Gasteiger partial charge in [-0.2, -0.15) is 0 Å². The zero-order valence-corrected chi connectivity index (χ0v) is 14.1. The van der Waals surface area contributed by atoms with Gasteiger partial charge >= 0.3 is 11.9 Å². The minimum Gasteiger partial charge on any atom is -0.419 e. The molecule has 7 nitrogen and oxygen atoms in total. The van der Waals surface area contributed by atoms with Crippen molar-refractivity contribution in [3.05, 3.63) is 47.2 Å². The van der Waals surface area contributed by atoms with Crippen LogP contribution in [0.3, 0.4) is 0 Å². The first-order valence-corrected chi connectivity index (χ1v) is 8.14. The fourth-order valence-corrected chi connectivity index (χ4v) is 2.84. The number of amides is 1. The number of benzene rings is 1. The molecule has 0 bridgehead atoms. The zero-order chi connectivity index (χ0) is 18.0. The van der Waals surface area contributed by atoms with Gasteiger partial charge in [0.25, 0.3) is 5.79 Å². The van der Waals surface area contributed by atoms with Gasteiger partial charge in [-0.1, -0.05) is 30.3 Å². The normalized spacial score (nSPS) is 22.1. The van der Waals surface area contributed by atoms with Crippen molar-refractivity contribution in [1.29, 1.82) is 0 Å². The van der Waals surface area contributed by atoms with Crippen molar-refractivity contribution >= 4 is 17.8 Å². The average Bonchev–Trinajstić information content (AvgIpc) is 3.01. The molecule has 0 aliphatic carbocycles. The maximum atomic E-state index is 12.3. The topological polar surface area (TPSA) is 93.7 Å². The van der Waals surface area contributed by atoms with E-state index < -0.39 is 23.8 Å². The maximum absolute atomic E-state index is 12.3. The van der Waals surface area contributed by atoms with Gasteiger partial charge in [0, 0.05) is 26.1 Å². The summed E-state index contributed by atoms with van der Waals surface area (Å²) in [6.45, 7) is 3.40. The Balaban J connectivity index is 1.64. The third-order valence-corrected chi connectivity index (χ3v) is 4.04. The van der Waals surface area contributed by atoms with Crippen LogP contribution in [0.2, 0.25) is 0 Å². The van der Waals surface area contributed by atoms with E-state index in [2.05, 4.69) is 10.6 Å². The highest BCUT2D eigenvalue weighted by atomic mass is 16.7. The molecule has 2 aliphatic rings. The largest absolute Gasteiger partial charge is 0.419 e. The van der Waals surface area contributed by atoms with Gasteiger partial charge in [0.2, 0.25) is 5.91 Å². The molecule has 0 radical (unpaired) electrons. The van der Waals surface area contributed by atoms with E-state index in [1.165, 1.54) is 13.8 Å². The lowest BCUT2D eigenvalue weighted by atomic mass is 10.1. The van der Waals surface area contributed by atoms with Gasteiger partial charge in [0.15, 0.2) is 5.57 Å². The second-order valence-electron chi connectivity index (χ2n) is 6.47. The van der Waals surface area contributed by atoms with Crippen LogP contribution in [0.25, 0.3) is 0 Å². The van der Waals surface area contributed by atoms with Crippen LogP contribution < -0.4 is 10.6 Å². The average molecular weight is 344 g/mol. The first-order chi connectivity index (χ1) is 11.9. The van der Waals surface area contributed by atoms with E-state index in [1.54, 1.807) is 0 Å². The van der Waals surface area contributed by atoms with E-state index in [-0.39, 0.29) is 11.5 Å². The summed E-state index contributed by atoms with van der Waals surface area (Å²) in [6, 6.07) is 9.06. The molecule has 3 rings (SSSR count). The third-order valence-electron chi connectivity index (χ3n) is 4.04. The molecule has 0 spiro atoms. The number of ether oxygens (including phenoxy) is 2. The highest BCUT2D eigenvalue weighted by molar-refractivity contribution is 6.16. The molecule has 1 aromatic carbocycles. The number of carbonyl (C=O) groups excluding carboxylic acids is 3. The van der Waals surface area contributed by atoms with Crippen LogP contribution in [0.1, 0.15) is 32.3 Å². The lowest BCUT2D eigenvalue weighted by Gasteiger charge is -2.30. The molecular formula is C18H20N2O5. The van der Waals surface area contributed by atoms with Crippen molar-refractivity contribution in [2.24, 2.45) is 0 Å². The molecule has 1 amide bonds. The Kier molecular flexibility index (Phi) is 4.48. The molecule has 2 saturated heterocycles. The van der Waals surface area contributed by atoms with Crippen molar-refractivity contribution in [2.75, 3.05) is 0 Å². The molecule has 1 unspecified atom stereocenters. The predicted molar refractivity (Wildman–Crippen MR) is 87.7 cm³/mol. The molecule has 2 fully saturated rings. The van der Waals surface area contributed by atoms with Gasteiger partial charge in [-0.15, -0.1) is 0 Å². The van der Waals surface area contributed by atoms with Gasteiger partial charge in [0.05, 0.1) is 0 Å². The lowest BCUT2D eigenvalue weighted by molar-refractivity contribution is -0.222. The van der Waals surface area contributed by atoms with Crippen LogP contribution in [0.15, 0.2) is 41.6 Å². The number of rotatable bonds is 3. The summed E-state index contributed by atoms with van der Waals surface area (Å²) in [6.07, 6.45) is 0.896. The van der Waals surface area contributed by atoms with E-state index in [1.807, 2.05) is 30.3 Å². The number of nitrogens with one attached hydrogen (secondary N) is 2. The van der Waals surface area contributed by atoms with E-state index in [0.717, 1.165) is 5.56 Å². The Morgan fingerprint density at radius 1 is 1.20 bits per heavy atom. The Morgan fingerprint density at radius 2 is 1.84 bits per heavy atom. The minimum atomic E-state index is -1.27. The molecule has 2 heterocycles. The highest BCUT2D eigenvalue weighted by Gasteiger charge is 2.42. The molecule has 132 valence electrons. The fraction of sp³-hybridized carbons (Fsp3) is 0.389. The fourth-order valence-electron chi connectivity index (χ4n) is 2.84. The zero-order valence-electron chi connectivity index (χ0n) is 14.1. The van der Waals surface area contributed by atoms with Gasteiger partial charge in [-0.25, -0.2) is 9.59 Å². The van der Waals surface area contributed by atoms with Crippen LogP contribution in [0.5, 0.6) is 0 Å². The number of carbonyl (C=O) groups is 3. The summed E-state index contributed by atoms with van der Waals surface area (Å²) in [4.78, 5) is 36.4. The molecule has 0 aromatic heterocycles. The highest BCUT2D eigenvalue weighted by Crippen LogP contribution is 2.28. The molecule has 2 N–H and O–H groups in total. The summed E-state index contributed by atoms with van der Waals surface area (Å²) in [5, 5.41) is 5.79.